The van der Waals surface area contributed by atoms with Crippen molar-refractivity contribution in [1.29, 1.82) is 0 Å². The smallest absolute Gasteiger partial charge is 0.252 e. The molecule has 21 heavy (non-hydrogen) atoms. The molecule has 1 N–H and O–H groups in total. The molecule has 1 fully saturated rings. The van der Waals surface area contributed by atoms with Crippen molar-refractivity contribution >= 4 is 17.7 Å². The molecule has 0 aliphatic carbocycles. The zero-order valence-corrected chi connectivity index (χ0v) is 12.6. The van der Waals surface area contributed by atoms with E-state index in [1.807, 2.05) is 31.2 Å². The van der Waals surface area contributed by atoms with Crippen LogP contribution in [-0.4, -0.2) is 34.7 Å². The predicted octanol–water partition coefficient (Wildman–Crippen LogP) is 1.19. The van der Waals surface area contributed by atoms with Crippen molar-refractivity contribution < 1.29 is 14.4 Å². The van der Waals surface area contributed by atoms with Gasteiger partial charge in [-0.15, -0.1) is 0 Å². The third-order valence-corrected chi connectivity index (χ3v) is 3.80. The largest absolute Gasteiger partial charge is 0.319 e. The number of rotatable bonds is 3. The molecule has 0 saturated carbocycles. The first-order valence-electron chi connectivity index (χ1n) is 7.01. The first kappa shape index (κ1) is 15.2. The second kappa shape index (κ2) is 5.68. The molecule has 1 aromatic carbocycles. The molecule has 0 radical (unpaired) electrons. The van der Waals surface area contributed by atoms with E-state index in [0.717, 1.165) is 11.1 Å². The van der Waals surface area contributed by atoms with Gasteiger partial charge in [-0.3, -0.25) is 19.7 Å². The number of imide groups is 1. The summed E-state index contributed by atoms with van der Waals surface area (Å²) >= 11 is 0. The molecule has 1 heterocycles. The van der Waals surface area contributed by atoms with E-state index in [1.165, 1.54) is 4.90 Å². The van der Waals surface area contributed by atoms with E-state index in [-0.39, 0.29) is 18.9 Å². The van der Waals surface area contributed by atoms with Crippen LogP contribution < -0.4 is 5.32 Å². The van der Waals surface area contributed by atoms with E-state index < -0.39 is 17.4 Å². The van der Waals surface area contributed by atoms with Crippen molar-refractivity contribution in [2.45, 2.75) is 39.2 Å². The van der Waals surface area contributed by atoms with Crippen molar-refractivity contribution in [1.82, 2.24) is 10.2 Å². The van der Waals surface area contributed by atoms with Crippen LogP contribution in [0, 0.1) is 6.92 Å². The van der Waals surface area contributed by atoms with Crippen LogP contribution in [0.1, 0.15) is 31.4 Å². The predicted molar refractivity (Wildman–Crippen MR) is 78.4 cm³/mol. The molecule has 1 aromatic rings. The summed E-state index contributed by atoms with van der Waals surface area (Å²) in [5, 5.41) is 2.26. The van der Waals surface area contributed by atoms with Crippen LogP contribution in [0.4, 0.5) is 0 Å². The van der Waals surface area contributed by atoms with Gasteiger partial charge in [0.25, 0.3) is 5.91 Å². The van der Waals surface area contributed by atoms with Crippen LogP contribution in [0.2, 0.25) is 0 Å². The molecule has 0 aromatic heterocycles. The van der Waals surface area contributed by atoms with E-state index in [4.69, 9.17) is 0 Å². The van der Waals surface area contributed by atoms with Gasteiger partial charge in [0, 0.05) is 6.42 Å². The SMILES string of the molecule is Cc1cccc(CCC(=O)N2CC(=O)NC(=O)C2(C)C)c1. The van der Waals surface area contributed by atoms with E-state index >= 15 is 0 Å². The van der Waals surface area contributed by atoms with Crippen molar-refractivity contribution in [3.05, 3.63) is 35.4 Å². The quantitative estimate of drug-likeness (QED) is 0.850. The maximum atomic E-state index is 12.4. The molecule has 0 atom stereocenters. The highest BCUT2D eigenvalue weighted by atomic mass is 16.2. The summed E-state index contributed by atoms with van der Waals surface area (Å²) in [6.07, 6.45) is 0.885. The molecular formula is C16H20N2O3. The molecule has 5 heteroatoms. The van der Waals surface area contributed by atoms with Crippen LogP contribution >= 0.6 is 0 Å². The minimum absolute atomic E-state index is 0.0641. The fourth-order valence-corrected chi connectivity index (χ4v) is 2.44. The Morgan fingerprint density at radius 3 is 2.71 bits per heavy atom. The average molecular weight is 288 g/mol. The van der Waals surface area contributed by atoms with E-state index in [1.54, 1.807) is 13.8 Å². The van der Waals surface area contributed by atoms with Crippen LogP contribution in [-0.2, 0) is 20.8 Å². The third-order valence-electron chi connectivity index (χ3n) is 3.80. The molecule has 3 amide bonds. The highest BCUT2D eigenvalue weighted by Gasteiger charge is 2.43. The molecular weight excluding hydrogens is 268 g/mol. The number of amides is 3. The fourth-order valence-electron chi connectivity index (χ4n) is 2.44. The number of nitrogens with one attached hydrogen (secondary N) is 1. The Hall–Kier alpha value is -2.17. The number of aryl methyl sites for hydroxylation is 2. The zero-order chi connectivity index (χ0) is 15.6. The van der Waals surface area contributed by atoms with Crippen LogP contribution in [0.25, 0.3) is 0 Å². The third kappa shape index (κ3) is 3.29. The lowest BCUT2D eigenvalue weighted by molar-refractivity contribution is -0.155. The van der Waals surface area contributed by atoms with Gasteiger partial charge in [-0.25, -0.2) is 0 Å². The van der Waals surface area contributed by atoms with Crippen LogP contribution in [0.3, 0.4) is 0 Å². The lowest BCUT2D eigenvalue weighted by Gasteiger charge is -2.40. The number of carbonyl (C=O) groups excluding carboxylic acids is 3. The van der Waals surface area contributed by atoms with Gasteiger partial charge in [-0.1, -0.05) is 29.8 Å². The van der Waals surface area contributed by atoms with Gasteiger partial charge in [0.15, 0.2) is 0 Å². The molecule has 1 saturated heterocycles. The Bertz CT molecular complexity index is 593. The minimum atomic E-state index is -0.988. The minimum Gasteiger partial charge on any atom is -0.319 e. The molecule has 1 aliphatic heterocycles. The summed E-state index contributed by atoms with van der Waals surface area (Å²) < 4.78 is 0. The molecule has 2 rings (SSSR count). The van der Waals surface area contributed by atoms with Crippen LogP contribution in [0.5, 0.6) is 0 Å². The van der Waals surface area contributed by atoms with Gasteiger partial charge in [-0.2, -0.15) is 0 Å². The second-order valence-corrected chi connectivity index (χ2v) is 5.91. The van der Waals surface area contributed by atoms with Gasteiger partial charge < -0.3 is 4.90 Å². The fraction of sp³-hybridized carbons (Fsp3) is 0.438. The van der Waals surface area contributed by atoms with Crippen molar-refractivity contribution in [3.8, 4) is 0 Å². The highest BCUT2D eigenvalue weighted by molar-refractivity contribution is 6.06. The Morgan fingerprint density at radius 1 is 1.33 bits per heavy atom. The van der Waals surface area contributed by atoms with Crippen molar-refractivity contribution in [3.63, 3.8) is 0 Å². The van der Waals surface area contributed by atoms with E-state index in [2.05, 4.69) is 5.32 Å². The molecule has 112 valence electrons. The number of hydrogen-bond donors (Lipinski definition) is 1. The molecule has 0 unspecified atom stereocenters. The standard InChI is InChI=1S/C16H20N2O3/c1-11-5-4-6-12(9-11)7-8-14(20)18-10-13(19)17-15(21)16(18,2)3/h4-6,9H,7-8,10H2,1-3H3,(H,17,19,21). The van der Waals surface area contributed by atoms with Crippen molar-refractivity contribution in [2.24, 2.45) is 0 Å². The first-order chi connectivity index (χ1) is 9.80. The van der Waals surface area contributed by atoms with Gasteiger partial charge >= 0.3 is 0 Å². The number of carbonyl (C=O) groups is 3. The Labute approximate surface area is 124 Å². The number of benzene rings is 1. The summed E-state index contributed by atoms with van der Waals surface area (Å²) in [4.78, 5) is 37.0. The van der Waals surface area contributed by atoms with E-state index in [9.17, 15) is 14.4 Å². The summed E-state index contributed by atoms with van der Waals surface area (Å²) in [5.74, 6) is -1.03. The molecule has 1 aliphatic rings. The number of nitrogens with zero attached hydrogens (tertiary/aromatic N) is 1. The molecule has 0 bridgehead atoms. The van der Waals surface area contributed by atoms with Gasteiger partial charge in [0.2, 0.25) is 11.8 Å². The maximum absolute atomic E-state index is 12.4. The number of piperazine rings is 1. The van der Waals surface area contributed by atoms with Gasteiger partial charge in [0.05, 0.1) is 0 Å². The summed E-state index contributed by atoms with van der Waals surface area (Å²) in [6.45, 7) is 5.24. The Balaban J connectivity index is 2.05. The Kier molecular flexibility index (Phi) is 4.11. The second-order valence-electron chi connectivity index (χ2n) is 5.91. The van der Waals surface area contributed by atoms with Gasteiger partial charge in [-0.05, 0) is 32.8 Å². The topological polar surface area (TPSA) is 66.5 Å². The molecule has 5 nitrogen and oxygen atoms in total. The maximum Gasteiger partial charge on any atom is 0.252 e. The van der Waals surface area contributed by atoms with E-state index in [0.29, 0.717) is 6.42 Å². The Morgan fingerprint density at radius 2 is 2.05 bits per heavy atom. The average Bonchev–Trinajstić information content (AvgIpc) is 2.40. The summed E-state index contributed by atoms with van der Waals surface area (Å²) in [5.41, 5.74) is 1.24. The molecule has 0 spiro atoms. The first-order valence-corrected chi connectivity index (χ1v) is 7.01. The summed E-state index contributed by atoms with van der Waals surface area (Å²) in [6, 6.07) is 7.96. The van der Waals surface area contributed by atoms with Crippen molar-refractivity contribution in [2.75, 3.05) is 6.54 Å². The van der Waals surface area contributed by atoms with Gasteiger partial charge in [0.1, 0.15) is 12.1 Å². The monoisotopic (exact) mass is 288 g/mol. The van der Waals surface area contributed by atoms with Crippen LogP contribution in [0.15, 0.2) is 24.3 Å². The lowest BCUT2D eigenvalue weighted by Crippen LogP contribution is -2.65. The number of hydrogen-bond acceptors (Lipinski definition) is 3. The summed E-state index contributed by atoms with van der Waals surface area (Å²) in [7, 11) is 0. The highest BCUT2D eigenvalue weighted by Crippen LogP contribution is 2.20. The normalized spacial score (nSPS) is 17.6. The zero-order valence-electron chi connectivity index (χ0n) is 12.6. The lowest BCUT2D eigenvalue weighted by atomic mass is 9.97.